The summed E-state index contributed by atoms with van der Waals surface area (Å²) < 4.78 is 10.4. The fourth-order valence-corrected chi connectivity index (χ4v) is 2.61. The minimum absolute atomic E-state index is 0.161. The molecule has 0 spiro atoms. The van der Waals surface area contributed by atoms with Crippen LogP contribution in [0.4, 0.5) is 10.5 Å². The van der Waals surface area contributed by atoms with E-state index in [1.165, 1.54) is 17.0 Å². The van der Waals surface area contributed by atoms with Gasteiger partial charge in [0, 0.05) is 25.6 Å². The van der Waals surface area contributed by atoms with Crippen LogP contribution in [-0.4, -0.2) is 51.6 Å². The van der Waals surface area contributed by atoms with Crippen molar-refractivity contribution >= 4 is 11.8 Å². The Hall–Kier alpha value is -2.39. The van der Waals surface area contributed by atoms with E-state index in [9.17, 15) is 25.1 Å². The van der Waals surface area contributed by atoms with Crippen molar-refractivity contribution in [2.24, 2.45) is 0 Å². The first-order valence-corrected chi connectivity index (χ1v) is 7.47. The number of nitro groups is 1. The zero-order valence-corrected chi connectivity index (χ0v) is 13.4. The second-order valence-electron chi connectivity index (χ2n) is 5.77. The number of hydrogen-bond acceptors (Lipinski definition) is 7. The molecule has 0 aromatic heterocycles. The van der Waals surface area contributed by atoms with Gasteiger partial charge in [0.25, 0.3) is 0 Å². The van der Waals surface area contributed by atoms with Gasteiger partial charge in [-0.3, -0.25) is 10.1 Å². The minimum Gasteiger partial charge on any atom is -0.502 e. The molecule has 9 heteroatoms. The van der Waals surface area contributed by atoms with Crippen LogP contribution in [-0.2, 0) is 16.1 Å². The third-order valence-corrected chi connectivity index (χ3v) is 3.90. The first-order valence-electron chi connectivity index (χ1n) is 7.47. The highest BCUT2D eigenvalue weighted by atomic mass is 16.6. The van der Waals surface area contributed by atoms with Gasteiger partial charge in [0.15, 0.2) is 12.0 Å². The van der Waals surface area contributed by atoms with E-state index in [1.807, 2.05) is 6.92 Å². The molecule has 1 saturated heterocycles. The molecule has 0 saturated carbocycles. The number of benzene rings is 1. The van der Waals surface area contributed by atoms with Crippen LogP contribution < -0.4 is 0 Å². The summed E-state index contributed by atoms with van der Waals surface area (Å²) >= 11 is 0. The summed E-state index contributed by atoms with van der Waals surface area (Å²) in [6, 6.07) is 3.56. The first kappa shape index (κ1) is 18.0. The normalized spacial score (nSPS) is 23.5. The molecule has 1 aliphatic rings. The smallest absolute Gasteiger partial charge is 0.410 e. The van der Waals surface area contributed by atoms with Gasteiger partial charge < -0.3 is 24.6 Å². The van der Waals surface area contributed by atoms with Gasteiger partial charge in [-0.1, -0.05) is 6.07 Å². The van der Waals surface area contributed by atoms with Gasteiger partial charge in [0.2, 0.25) is 0 Å². The van der Waals surface area contributed by atoms with E-state index < -0.39 is 28.7 Å². The Balaban J connectivity index is 1.95. The molecule has 0 radical (unpaired) electrons. The molecule has 24 heavy (non-hydrogen) atoms. The quantitative estimate of drug-likeness (QED) is 0.632. The molecule has 1 amide bonds. The Labute approximate surface area is 138 Å². The predicted octanol–water partition coefficient (Wildman–Crippen LogP) is 1.75. The second kappa shape index (κ2) is 7.45. The molecular weight excluding hydrogens is 320 g/mol. The lowest BCUT2D eigenvalue weighted by Gasteiger charge is -2.36. The molecule has 1 fully saturated rings. The Morgan fingerprint density at radius 3 is 2.83 bits per heavy atom. The highest BCUT2D eigenvalue weighted by Gasteiger charge is 2.31. The number of aromatic hydroxyl groups is 1. The Morgan fingerprint density at radius 1 is 1.50 bits per heavy atom. The van der Waals surface area contributed by atoms with Crippen LogP contribution in [0.3, 0.4) is 0 Å². The van der Waals surface area contributed by atoms with Crippen molar-refractivity contribution in [2.45, 2.75) is 44.8 Å². The predicted molar refractivity (Wildman–Crippen MR) is 82.3 cm³/mol. The maximum Gasteiger partial charge on any atom is 0.410 e. The van der Waals surface area contributed by atoms with Crippen LogP contribution >= 0.6 is 0 Å². The maximum atomic E-state index is 12.1. The van der Waals surface area contributed by atoms with Crippen molar-refractivity contribution in [3.63, 3.8) is 0 Å². The molecule has 1 heterocycles. The van der Waals surface area contributed by atoms with Crippen LogP contribution in [0, 0.1) is 10.1 Å². The van der Waals surface area contributed by atoms with Crippen LogP contribution in [0.1, 0.15) is 25.3 Å². The fourth-order valence-electron chi connectivity index (χ4n) is 2.61. The van der Waals surface area contributed by atoms with Crippen LogP contribution in [0.25, 0.3) is 0 Å². The molecule has 0 bridgehead atoms. The third kappa shape index (κ3) is 4.33. The summed E-state index contributed by atoms with van der Waals surface area (Å²) in [5.41, 5.74) is -0.0556. The van der Waals surface area contributed by atoms with Gasteiger partial charge in [0.1, 0.15) is 6.61 Å². The third-order valence-electron chi connectivity index (χ3n) is 3.90. The van der Waals surface area contributed by atoms with Crippen LogP contribution in [0.15, 0.2) is 18.2 Å². The number of nitro benzene ring substituents is 1. The lowest BCUT2D eigenvalue weighted by molar-refractivity contribution is -0.385. The summed E-state index contributed by atoms with van der Waals surface area (Å²) in [7, 11) is 1.57. The molecule has 1 aliphatic heterocycles. The number of phenolic OH excluding ortho intramolecular Hbond substituents is 1. The van der Waals surface area contributed by atoms with Gasteiger partial charge in [-0.2, -0.15) is 0 Å². The number of amides is 1. The summed E-state index contributed by atoms with van der Waals surface area (Å²) in [6.07, 6.45) is -0.826. The van der Waals surface area contributed by atoms with Gasteiger partial charge in [-0.15, -0.1) is 0 Å². The van der Waals surface area contributed by atoms with Gasteiger partial charge >= 0.3 is 11.8 Å². The van der Waals surface area contributed by atoms with E-state index in [0.717, 1.165) is 6.07 Å². The number of ether oxygens (including phenoxy) is 2. The van der Waals surface area contributed by atoms with Crippen molar-refractivity contribution in [3.8, 4) is 5.75 Å². The SMILES string of the molecule is CC1CC(N(C)C(=O)OCc2ccc(O)c([N+](=O)[O-])c2)CC(O)O1. The standard InChI is InChI=1S/C15H20N2O7/c1-9-5-11(7-14(19)24-9)16(2)15(20)23-8-10-3-4-13(18)12(6-10)17(21)22/h3-4,6,9,11,14,18-19H,5,7-8H2,1-2H3. The van der Waals surface area contributed by atoms with E-state index in [1.54, 1.807) is 7.05 Å². The molecule has 0 aliphatic carbocycles. The maximum absolute atomic E-state index is 12.1. The van der Waals surface area contributed by atoms with Crippen molar-refractivity contribution in [1.82, 2.24) is 4.90 Å². The van der Waals surface area contributed by atoms with Crippen LogP contribution in [0.2, 0.25) is 0 Å². The van der Waals surface area contributed by atoms with E-state index >= 15 is 0 Å². The topological polar surface area (TPSA) is 122 Å². The van der Waals surface area contributed by atoms with Crippen molar-refractivity contribution in [1.29, 1.82) is 0 Å². The first-order chi connectivity index (χ1) is 11.3. The number of carbonyl (C=O) groups excluding carboxylic acids is 1. The van der Waals surface area contributed by atoms with E-state index in [4.69, 9.17) is 9.47 Å². The number of hydrogen-bond donors (Lipinski definition) is 2. The van der Waals surface area contributed by atoms with Crippen LogP contribution in [0.5, 0.6) is 5.75 Å². The fraction of sp³-hybridized carbons (Fsp3) is 0.533. The molecule has 132 valence electrons. The molecule has 1 aromatic rings. The average Bonchev–Trinajstić information content (AvgIpc) is 2.51. The van der Waals surface area contributed by atoms with E-state index in [2.05, 4.69) is 0 Å². The molecule has 2 N–H and O–H groups in total. The van der Waals surface area contributed by atoms with E-state index in [-0.39, 0.29) is 18.8 Å². The van der Waals surface area contributed by atoms with Crippen molar-refractivity contribution in [3.05, 3.63) is 33.9 Å². The molecule has 2 rings (SSSR count). The zero-order chi connectivity index (χ0) is 17.9. The summed E-state index contributed by atoms with van der Waals surface area (Å²) in [4.78, 5) is 23.6. The largest absolute Gasteiger partial charge is 0.502 e. The van der Waals surface area contributed by atoms with Gasteiger partial charge in [-0.25, -0.2) is 4.79 Å². The Morgan fingerprint density at radius 2 is 2.21 bits per heavy atom. The number of phenols is 1. The number of nitrogens with zero attached hydrogens (tertiary/aromatic N) is 2. The Bertz CT molecular complexity index is 612. The molecule has 3 atom stereocenters. The highest BCUT2D eigenvalue weighted by molar-refractivity contribution is 5.67. The minimum atomic E-state index is -0.922. The number of aliphatic hydroxyl groups is 1. The van der Waals surface area contributed by atoms with Crippen molar-refractivity contribution in [2.75, 3.05) is 7.05 Å². The summed E-state index contributed by atoms with van der Waals surface area (Å²) in [5.74, 6) is -0.447. The number of aliphatic hydroxyl groups excluding tert-OH is 1. The Kier molecular flexibility index (Phi) is 5.58. The van der Waals surface area contributed by atoms with E-state index in [0.29, 0.717) is 18.4 Å². The summed E-state index contributed by atoms with van der Waals surface area (Å²) in [5, 5.41) is 29.8. The van der Waals surface area contributed by atoms with Crippen molar-refractivity contribution < 1.29 is 29.4 Å². The lowest BCUT2D eigenvalue weighted by atomic mass is 10.0. The summed E-state index contributed by atoms with van der Waals surface area (Å²) in [6.45, 7) is 1.65. The van der Waals surface area contributed by atoms with Gasteiger partial charge in [-0.05, 0) is 25.0 Å². The molecule has 1 aromatic carbocycles. The monoisotopic (exact) mass is 340 g/mol. The van der Waals surface area contributed by atoms with Gasteiger partial charge in [0.05, 0.1) is 11.0 Å². The molecule has 3 unspecified atom stereocenters. The zero-order valence-electron chi connectivity index (χ0n) is 13.4. The second-order valence-corrected chi connectivity index (χ2v) is 5.77. The lowest BCUT2D eigenvalue weighted by Crippen LogP contribution is -2.45. The highest BCUT2D eigenvalue weighted by Crippen LogP contribution is 2.27. The molecule has 9 nitrogen and oxygen atoms in total. The number of rotatable bonds is 4. The molecular formula is C15H20N2O7. The number of carbonyl (C=O) groups is 1. The average molecular weight is 340 g/mol.